The number of hydrogen-bond acceptors (Lipinski definition) is 4. The van der Waals surface area contributed by atoms with Gasteiger partial charge in [-0.15, -0.1) is 22.3 Å². The number of sulfonamides is 1. The first-order valence-corrected chi connectivity index (χ1v) is 9.82. The van der Waals surface area contributed by atoms with Gasteiger partial charge in [-0.3, -0.25) is 0 Å². The van der Waals surface area contributed by atoms with Gasteiger partial charge in [-0.25, -0.2) is 4.39 Å². The predicted octanol–water partition coefficient (Wildman–Crippen LogP) is 4.03. The van der Waals surface area contributed by atoms with E-state index >= 15 is 0 Å². The molecular formula is C14H10ClFN2O2S3. The summed E-state index contributed by atoms with van der Waals surface area (Å²) in [6.07, 6.45) is 1.63. The molecule has 1 aromatic carbocycles. The van der Waals surface area contributed by atoms with Gasteiger partial charge < -0.3 is 4.57 Å². The number of allylic oxidation sites excluding steroid dienone is 1. The van der Waals surface area contributed by atoms with Crippen LogP contribution in [0.4, 0.5) is 4.39 Å². The summed E-state index contributed by atoms with van der Waals surface area (Å²) >= 11 is 7.84. The summed E-state index contributed by atoms with van der Waals surface area (Å²) in [6.45, 7) is 4.03. The van der Waals surface area contributed by atoms with Crippen LogP contribution in [0.1, 0.15) is 0 Å². The van der Waals surface area contributed by atoms with E-state index in [0.717, 1.165) is 22.7 Å². The van der Waals surface area contributed by atoms with Crippen molar-refractivity contribution in [2.75, 3.05) is 0 Å². The molecule has 9 heteroatoms. The van der Waals surface area contributed by atoms with Gasteiger partial charge >= 0.3 is 0 Å². The molecule has 2 aromatic heterocycles. The molecule has 0 atom stereocenters. The van der Waals surface area contributed by atoms with E-state index in [2.05, 4.69) is 11.0 Å². The van der Waals surface area contributed by atoms with Crippen molar-refractivity contribution in [3.05, 3.63) is 57.9 Å². The Balaban J connectivity index is 2.26. The van der Waals surface area contributed by atoms with Gasteiger partial charge in [-0.1, -0.05) is 29.0 Å². The first-order chi connectivity index (χ1) is 10.9. The van der Waals surface area contributed by atoms with Gasteiger partial charge in [0.15, 0.2) is 0 Å². The Morgan fingerprint density at radius 2 is 2.09 bits per heavy atom. The molecule has 0 saturated carbocycles. The third-order valence-electron chi connectivity index (χ3n) is 2.96. The molecule has 4 nitrogen and oxygen atoms in total. The molecule has 0 N–H and O–H groups in total. The molecule has 3 rings (SSSR count). The minimum atomic E-state index is -3.87. The van der Waals surface area contributed by atoms with Gasteiger partial charge in [0, 0.05) is 6.54 Å². The number of thiazole rings is 1. The molecule has 0 radical (unpaired) electrons. The summed E-state index contributed by atoms with van der Waals surface area (Å²) in [5.74, 6) is -0.385. The van der Waals surface area contributed by atoms with E-state index in [-0.39, 0.29) is 14.8 Å². The standard InChI is InChI=1S/C14H10ClFN2O2S3/c1-2-7-18-10-4-3-9(16)8-11(10)21-14(18)17-23(19,20)13-6-5-12(15)22-13/h2-6,8H,1,7H2. The Morgan fingerprint density at radius 3 is 2.74 bits per heavy atom. The maximum atomic E-state index is 13.4. The number of benzene rings is 1. The number of thiophene rings is 1. The Kier molecular flexibility index (Phi) is 4.41. The van der Waals surface area contributed by atoms with Crippen molar-refractivity contribution in [3.8, 4) is 0 Å². The fourth-order valence-corrected chi connectivity index (χ4v) is 5.73. The van der Waals surface area contributed by atoms with Gasteiger partial charge in [0.05, 0.1) is 14.6 Å². The topological polar surface area (TPSA) is 51.4 Å². The molecule has 0 aliphatic carbocycles. The molecule has 0 fully saturated rings. The molecule has 0 amide bonds. The summed E-state index contributed by atoms with van der Waals surface area (Å²) in [6, 6.07) is 7.20. The molecule has 0 bridgehead atoms. The number of fused-ring (bicyclic) bond motifs is 1. The van der Waals surface area contributed by atoms with Crippen molar-refractivity contribution in [3.63, 3.8) is 0 Å². The number of hydrogen-bond donors (Lipinski definition) is 0. The molecule has 0 aliphatic heterocycles. The Morgan fingerprint density at radius 1 is 1.30 bits per heavy atom. The lowest BCUT2D eigenvalue weighted by Crippen LogP contribution is -2.16. The highest BCUT2D eigenvalue weighted by Gasteiger charge is 2.17. The average Bonchev–Trinajstić information content (AvgIpc) is 3.04. The van der Waals surface area contributed by atoms with E-state index < -0.39 is 10.0 Å². The lowest BCUT2D eigenvalue weighted by molar-refractivity contribution is 0.598. The lowest BCUT2D eigenvalue weighted by Gasteiger charge is -2.00. The van der Waals surface area contributed by atoms with E-state index in [1.165, 1.54) is 24.3 Å². The highest BCUT2D eigenvalue weighted by molar-refractivity contribution is 7.92. The third kappa shape index (κ3) is 3.25. The first-order valence-electron chi connectivity index (χ1n) is 6.37. The second-order valence-electron chi connectivity index (χ2n) is 4.52. The smallest absolute Gasteiger partial charge is 0.294 e. The molecule has 2 heterocycles. The molecule has 0 aliphatic rings. The van der Waals surface area contributed by atoms with Crippen LogP contribution in [0.5, 0.6) is 0 Å². The number of rotatable bonds is 4. The summed E-state index contributed by atoms with van der Waals surface area (Å²) < 4.78 is 44.8. The van der Waals surface area contributed by atoms with Crippen LogP contribution >= 0.6 is 34.3 Å². The van der Waals surface area contributed by atoms with E-state index in [9.17, 15) is 12.8 Å². The van der Waals surface area contributed by atoms with Crippen molar-refractivity contribution in [2.45, 2.75) is 10.8 Å². The van der Waals surface area contributed by atoms with E-state index in [0.29, 0.717) is 21.1 Å². The van der Waals surface area contributed by atoms with Crippen LogP contribution in [0.2, 0.25) is 4.34 Å². The zero-order chi connectivity index (χ0) is 16.6. The molecule has 23 heavy (non-hydrogen) atoms. The van der Waals surface area contributed by atoms with E-state index in [1.807, 2.05) is 0 Å². The van der Waals surface area contributed by atoms with Crippen molar-refractivity contribution >= 4 is 54.5 Å². The molecule has 0 spiro atoms. The van der Waals surface area contributed by atoms with Crippen molar-refractivity contribution in [2.24, 2.45) is 4.40 Å². The van der Waals surface area contributed by atoms with Gasteiger partial charge in [-0.05, 0) is 30.3 Å². The SMILES string of the molecule is C=CCn1c(=NS(=O)(=O)c2ccc(Cl)s2)sc2cc(F)ccc21. The fraction of sp³-hybridized carbons (Fsp3) is 0.0714. The minimum Gasteiger partial charge on any atom is -0.312 e. The van der Waals surface area contributed by atoms with Gasteiger partial charge in [-0.2, -0.15) is 8.42 Å². The van der Waals surface area contributed by atoms with E-state index in [1.54, 1.807) is 16.7 Å². The van der Waals surface area contributed by atoms with Crippen LogP contribution in [0.25, 0.3) is 10.2 Å². The van der Waals surface area contributed by atoms with Crippen LogP contribution in [-0.4, -0.2) is 13.0 Å². The average molecular weight is 389 g/mol. The molecule has 3 aromatic rings. The maximum absolute atomic E-state index is 13.4. The first kappa shape index (κ1) is 16.4. The highest BCUT2D eigenvalue weighted by atomic mass is 35.5. The van der Waals surface area contributed by atoms with Crippen LogP contribution in [0, 0.1) is 5.82 Å². The lowest BCUT2D eigenvalue weighted by atomic mass is 10.3. The minimum absolute atomic E-state index is 0.0660. The zero-order valence-corrected chi connectivity index (χ0v) is 14.8. The molecular weight excluding hydrogens is 379 g/mol. The Labute approximate surface area is 144 Å². The second-order valence-corrected chi connectivity index (χ2v) is 9.08. The summed E-state index contributed by atoms with van der Waals surface area (Å²) in [4.78, 5) is 0.259. The van der Waals surface area contributed by atoms with Gasteiger partial charge in [0.25, 0.3) is 10.0 Å². The van der Waals surface area contributed by atoms with Gasteiger partial charge in [0.2, 0.25) is 4.80 Å². The monoisotopic (exact) mass is 388 g/mol. The molecule has 0 unspecified atom stereocenters. The number of nitrogens with zero attached hydrogens (tertiary/aromatic N) is 2. The highest BCUT2D eigenvalue weighted by Crippen LogP contribution is 2.27. The largest absolute Gasteiger partial charge is 0.312 e. The maximum Gasteiger partial charge on any atom is 0.294 e. The quantitative estimate of drug-likeness (QED) is 0.633. The van der Waals surface area contributed by atoms with E-state index in [4.69, 9.17) is 11.6 Å². The second kappa shape index (κ2) is 6.20. The van der Waals surface area contributed by atoms with Crippen molar-refractivity contribution in [1.29, 1.82) is 0 Å². The van der Waals surface area contributed by atoms with Crippen molar-refractivity contribution < 1.29 is 12.8 Å². The number of aromatic nitrogens is 1. The normalized spacial score (nSPS) is 12.9. The van der Waals surface area contributed by atoms with Gasteiger partial charge in [0.1, 0.15) is 10.0 Å². The Hall–Kier alpha value is -1.48. The Bertz CT molecular complexity index is 1060. The van der Waals surface area contributed by atoms with Crippen molar-refractivity contribution in [1.82, 2.24) is 4.57 Å². The fourth-order valence-electron chi connectivity index (χ4n) is 2.01. The predicted molar refractivity (Wildman–Crippen MR) is 92.0 cm³/mol. The summed E-state index contributed by atoms with van der Waals surface area (Å²) in [5.41, 5.74) is 0.703. The van der Waals surface area contributed by atoms with Crippen LogP contribution in [0.3, 0.4) is 0 Å². The molecule has 0 saturated heterocycles. The zero-order valence-electron chi connectivity index (χ0n) is 11.6. The van der Waals surface area contributed by atoms with Crippen LogP contribution in [0.15, 0.2) is 51.6 Å². The molecule has 120 valence electrons. The van der Waals surface area contributed by atoms with Crippen LogP contribution < -0.4 is 4.80 Å². The van der Waals surface area contributed by atoms with Crippen LogP contribution in [-0.2, 0) is 16.6 Å². The summed E-state index contributed by atoms with van der Waals surface area (Å²) in [5, 5.41) is 0. The number of halogens is 2. The summed E-state index contributed by atoms with van der Waals surface area (Å²) in [7, 11) is -3.87. The third-order valence-corrected chi connectivity index (χ3v) is 7.08.